The summed E-state index contributed by atoms with van der Waals surface area (Å²) < 4.78 is 47.8. The van der Waals surface area contributed by atoms with Crippen LogP contribution in [0.15, 0.2) is 72.9 Å². The van der Waals surface area contributed by atoms with Crippen LogP contribution in [-0.4, -0.2) is 141 Å². The van der Waals surface area contributed by atoms with Crippen molar-refractivity contribution in [1.82, 2.24) is 30.7 Å². The van der Waals surface area contributed by atoms with Gasteiger partial charge in [-0.25, -0.2) is 18.4 Å². The number of imide groups is 1. The van der Waals surface area contributed by atoms with E-state index in [0.29, 0.717) is 24.6 Å². The van der Waals surface area contributed by atoms with Gasteiger partial charge in [-0.15, -0.1) is 11.8 Å². The van der Waals surface area contributed by atoms with Gasteiger partial charge in [0, 0.05) is 92.4 Å². The lowest BCUT2D eigenvalue weighted by atomic mass is 9.79. The van der Waals surface area contributed by atoms with Gasteiger partial charge >= 0.3 is 12.1 Å². The zero-order chi connectivity index (χ0) is 52.0. The molecular formula is C50H68F2N6O11SSi. The molecule has 6 amide bonds. The summed E-state index contributed by atoms with van der Waals surface area (Å²) in [5.74, 6) is -4.39. The summed E-state index contributed by atoms with van der Waals surface area (Å²) in [7, 11) is -2.03. The molecule has 2 atom stereocenters. The lowest BCUT2D eigenvalue weighted by molar-refractivity contribution is -0.141. The van der Waals surface area contributed by atoms with Crippen molar-refractivity contribution < 1.29 is 61.7 Å². The van der Waals surface area contributed by atoms with Crippen LogP contribution in [-0.2, 0) is 49.5 Å². The number of hydrogen-bond donors (Lipinski definition) is 5. The molecule has 17 nitrogen and oxygen atoms in total. The van der Waals surface area contributed by atoms with E-state index in [4.69, 9.17) is 14.2 Å². The van der Waals surface area contributed by atoms with Gasteiger partial charge in [-0.2, -0.15) is 0 Å². The molecule has 1 aromatic heterocycles. The minimum Gasteiger partial charge on any atom is -0.480 e. The number of carboxylic acid groups (broad SMARTS) is 1. The first-order chi connectivity index (χ1) is 33.7. The number of amides is 6. The third-order valence-electron chi connectivity index (χ3n) is 11.5. The topological polar surface area (TPSA) is 224 Å². The number of aliphatic carboxylic acids is 1. The third kappa shape index (κ3) is 20.8. The number of carboxylic acids is 1. The lowest BCUT2D eigenvalue weighted by Gasteiger charge is -2.37. The second kappa shape index (κ2) is 28.8. The van der Waals surface area contributed by atoms with E-state index < -0.39 is 55.5 Å². The number of aromatic nitrogens is 1. The van der Waals surface area contributed by atoms with Crippen LogP contribution >= 0.6 is 11.8 Å². The highest BCUT2D eigenvalue weighted by atomic mass is 32.2. The second-order valence-corrected chi connectivity index (χ2v) is 25.2. The Labute approximate surface area is 419 Å². The van der Waals surface area contributed by atoms with E-state index in [2.05, 4.69) is 59.7 Å². The SMILES string of the molecule is CC(C)(C)[C@@H](C[Si](C)(C)CCOC(=O)NCCCNC(=O)CSC[C@H](NC(=O)CCOCCOCCNC(=O)CCN1C(=O)C=CC1=O)C(=O)O)c1cc(-c2cc(F)ccc2F)cn1Cc1ccccc1. The number of carbonyl (C=O) groups excluding carboxylic acids is 6. The van der Waals surface area contributed by atoms with Gasteiger partial charge in [0.1, 0.15) is 17.7 Å². The fraction of sp³-hybridized carbons (Fsp3) is 0.500. The first-order valence-corrected chi connectivity index (χ1v) is 28.2. The van der Waals surface area contributed by atoms with Crippen molar-refractivity contribution in [2.45, 2.75) is 83.7 Å². The van der Waals surface area contributed by atoms with Crippen LogP contribution in [0, 0.1) is 17.0 Å². The van der Waals surface area contributed by atoms with Crippen LogP contribution < -0.4 is 21.3 Å². The fourth-order valence-corrected chi connectivity index (χ4v) is 11.2. The summed E-state index contributed by atoms with van der Waals surface area (Å²) in [6.07, 6.45) is 3.94. The minimum absolute atomic E-state index is 0.0127. The first kappa shape index (κ1) is 57.7. The van der Waals surface area contributed by atoms with E-state index in [1.165, 1.54) is 6.07 Å². The molecule has 21 heteroatoms. The summed E-state index contributed by atoms with van der Waals surface area (Å²) in [4.78, 5) is 85.0. The van der Waals surface area contributed by atoms with Crippen LogP contribution in [0.3, 0.4) is 0 Å². The Morgan fingerprint density at radius 3 is 2.17 bits per heavy atom. The van der Waals surface area contributed by atoms with Crippen LogP contribution in [0.25, 0.3) is 11.1 Å². The smallest absolute Gasteiger partial charge is 0.407 e. The predicted molar refractivity (Wildman–Crippen MR) is 268 cm³/mol. The molecule has 4 rings (SSSR count). The van der Waals surface area contributed by atoms with Crippen molar-refractivity contribution >= 4 is 61.4 Å². The number of alkyl carbamates (subject to hydrolysis) is 1. The molecule has 0 aliphatic carbocycles. The average molecular weight is 1030 g/mol. The fourth-order valence-electron chi connectivity index (χ4n) is 7.56. The second-order valence-electron chi connectivity index (χ2n) is 18.9. The molecule has 388 valence electrons. The molecular weight excluding hydrogens is 959 g/mol. The van der Waals surface area contributed by atoms with Crippen molar-refractivity contribution in [3.63, 3.8) is 0 Å². The number of thioether (sulfide) groups is 1. The van der Waals surface area contributed by atoms with Crippen molar-refractivity contribution in [2.24, 2.45) is 5.41 Å². The van der Waals surface area contributed by atoms with Crippen molar-refractivity contribution in [3.8, 4) is 11.1 Å². The standard InChI is InChI=1S/C50H68F2N6O11SSi/c1-50(2,3)39(42-28-36(38-29-37(51)12-13-40(38)52)31-57(42)30-35-10-7-6-8-11-35)34-71(4,5)27-26-69-49(66)55-19-9-18-53-45(61)33-70-32-41(48(64)65)56-44(60)17-22-67-24-25-68-23-20-54-43(59)16-21-58-46(62)14-15-47(58)63/h6-8,10-15,28-29,31,39,41H,9,16-27,30,32-34H2,1-5H3,(H,53,61)(H,54,59)(H,55,66)(H,56,60)(H,64,65)/t39-,41-/m0/s1. The van der Waals surface area contributed by atoms with E-state index in [-0.39, 0.29) is 112 Å². The lowest BCUT2D eigenvalue weighted by Crippen LogP contribution is -2.43. The Morgan fingerprint density at radius 2 is 1.48 bits per heavy atom. The molecule has 2 heterocycles. The van der Waals surface area contributed by atoms with Crippen LogP contribution in [0.4, 0.5) is 13.6 Å². The number of ether oxygens (including phenoxy) is 3. The highest BCUT2D eigenvalue weighted by Gasteiger charge is 2.36. The molecule has 71 heavy (non-hydrogen) atoms. The zero-order valence-electron chi connectivity index (χ0n) is 41.2. The maximum atomic E-state index is 15.0. The van der Waals surface area contributed by atoms with Gasteiger partial charge in [0.25, 0.3) is 11.8 Å². The van der Waals surface area contributed by atoms with Gasteiger partial charge in [-0.3, -0.25) is 28.9 Å². The summed E-state index contributed by atoms with van der Waals surface area (Å²) in [6.45, 7) is 13.1. The maximum absolute atomic E-state index is 15.0. The Balaban J connectivity index is 1.07. The number of hydrogen-bond acceptors (Lipinski definition) is 11. The first-order valence-electron chi connectivity index (χ1n) is 23.6. The molecule has 0 radical (unpaired) electrons. The van der Waals surface area contributed by atoms with Gasteiger partial charge in [0.15, 0.2) is 0 Å². The largest absolute Gasteiger partial charge is 0.480 e. The molecule has 0 unspecified atom stereocenters. The number of carbonyl (C=O) groups is 7. The molecule has 0 bridgehead atoms. The molecule has 3 aromatic rings. The van der Waals surface area contributed by atoms with Gasteiger partial charge in [-0.05, 0) is 53.8 Å². The number of nitrogens with zero attached hydrogens (tertiary/aromatic N) is 2. The molecule has 0 fully saturated rings. The van der Waals surface area contributed by atoms with E-state index in [1.54, 1.807) is 0 Å². The summed E-state index contributed by atoms with van der Waals surface area (Å²) >= 11 is 1.05. The van der Waals surface area contributed by atoms with Gasteiger partial charge < -0.3 is 45.2 Å². The zero-order valence-corrected chi connectivity index (χ0v) is 43.0. The number of rotatable bonds is 31. The van der Waals surface area contributed by atoms with Gasteiger partial charge in [-0.1, -0.05) is 64.2 Å². The molecule has 2 aromatic carbocycles. The monoisotopic (exact) mass is 1030 g/mol. The van der Waals surface area contributed by atoms with Crippen LogP contribution in [0.2, 0.25) is 25.2 Å². The highest BCUT2D eigenvalue weighted by molar-refractivity contribution is 8.00. The summed E-state index contributed by atoms with van der Waals surface area (Å²) in [5.41, 5.74) is 2.75. The summed E-state index contributed by atoms with van der Waals surface area (Å²) in [6, 6.07) is 15.8. The minimum atomic E-state index is -2.03. The number of nitrogens with one attached hydrogen (secondary N) is 4. The van der Waals surface area contributed by atoms with Crippen LogP contribution in [0.1, 0.15) is 57.2 Å². The average Bonchev–Trinajstić information content (AvgIpc) is 3.87. The summed E-state index contributed by atoms with van der Waals surface area (Å²) in [5, 5.41) is 20.1. The molecule has 0 spiro atoms. The Kier molecular flexibility index (Phi) is 23.4. The number of benzene rings is 2. The van der Waals surface area contributed by atoms with E-state index >= 15 is 4.39 Å². The van der Waals surface area contributed by atoms with E-state index in [9.17, 15) is 43.1 Å². The molecule has 5 N–H and O–H groups in total. The van der Waals surface area contributed by atoms with Gasteiger partial charge in [0.05, 0.1) is 46.9 Å². The van der Waals surface area contributed by atoms with E-state index in [1.807, 2.05) is 42.6 Å². The van der Waals surface area contributed by atoms with Crippen molar-refractivity contribution in [1.29, 1.82) is 0 Å². The quantitative estimate of drug-likeness (QED) is 0.0297. The van der Waals surface area contributed by atoms with Gasteiger partial charge in [0.2, 0.25) is 17.7 Å². The van der Waals surface area contributed by atoms with E-state index in [0.717, 1.165) is 58.2 Å². The maximum Gasteiger partial charge on any atom is 0.407 e. The molecule has 0 saturated carbocycles. The normalized spacial score (nSPS) is 13.5. The highest BCUT2D eigenvalue weighted by Crippen LogP contribution is 2.44. The number of halogens is 2. The Morgan fingerprint density at radius 1 is 0.803 bits per heavy atom. The molecule has 1 aliphatic rings. The molecule has 1 aliphatic heterocycles. The predicted octanol–water partition coefficient (Wildman–Crippen LogP) is 5.71. The Hall–Kier alpha value is -5.90. The van der Waals surface area contributed by atoms with Crippen molar-refractivity contribution in [3.05, 3.63) is 95.8 Å². The van der Waals surface area contributed by atoms with Crippen LogP contribution in [0.5, 0.6) is 0 Å². The molecule has 0 saturated heterocycles. The Bertz CT molecular complexity index is 2290. The third-order valence-corrected chi connectivity index (χ3v) is 15.6. The van der Waals surface area contributed by atoms with Crippen molar-refractivity contribution in [2.75, 3.05) is 70.7 Å².